The van der Waals surface area contributed by atoms with E-state index in [1.165, 1.54) is 0 Å². The van der Waals surface area contributed by atoms with Crippen molar-refractivity contribution in [1.29, 1.82) is 0 Å². The van der Waals surface area contributed by atoms with Crippen LogP contribution >= 0.6 is 31.9 Å². The third-order valence-corrected chi connectivity index (χ3v) is 4.66. The summed E-state index contributed by atoms with van der Waals surface area (Å²) in [5.74, 6) is 0.312. The average molecular weight is 391 g/mol. The topological polar surface area (TPSA) is 49.3 Å². The average Bonchev–Trinajstić information content (AvgIpc) is 2.39. The fourth-order valence-electron chi connectivity index (χ4n) is 2.45. The van der Waals surface area contributed by atoms with Gasteiger partial charge in [0.25, 0.3) is 5.91 Å². The molecule has 1 aliphatic carbocycles. The van der Waals surface area contributed by atoms with Gasteiger partial charge in [-0.05, 0) is 59.3 Å². The van der Waals surface area contributed by atoms with Crippen molar-refractivity contribution in [3.05, 3.63) is 32.7 Å². The number of hydrogen-bond donors (Lipinski definition) is 2. The van der Waals surface area contributed by atoms with Crippen LogP contribution in [-0.2, 0) is 0 Å². The molecule has 1 fully saturated rings. The summed E-state index contributed by atoms with van der Waals surface area (Å²) < 4.78 is 1.67. The first-order valence-electron chi connectivity index (χ1n) is 6.47. The van der Waals surface area contributed by atoms with E-state index >= 15 is 0 Å². The van der Waals surface area contributed by atoms with Crippen LogP contribution in [0.25, 0.3) is 0 Å². The van der Waals surface area contributed by atoms with Crippen LogP contribution in [0.4, 0.5) is 0 Å². The van der Waals surface area contributed by atoms with Crippen molar-refractivity contribution in [1.82, 2.24) is 5.32 Å². The molecule has 0 aliphatic heterocycles. The zero-order valence-electron chi connectivity index (χ0n) is 10.5. The van der Waals surface area contributed by atoms with E-state index in [2.05, 4.69) is 37.2 Å². The predicted octanol–water partition coefficient (Wildman–Crippen LogP) is 3.49. The monoisotopic (exact) mass is 389 g/mol. The highest BCUT2D eigenvalue weighted by atomic mass is 79.9. The van der Waals surface area contributed by atoms with Crippen LogP contribution in [0.2, 0.25) is 0 Å². The molecule has 0 radical (unpaired) electrons. The molecule has 2 atom stereocenters. The summed E-state index contributed by atoms with van der Waals surface area (Å²) in [5, 5.41) is 12.6. The van der Waals surface area contributed by atoms with Crippen molar-refractivity contribution in [3.8, 4) is 0 Å². The molecule has 2 unspecified atom stereocenters. The van der Waals surface area contributed by atoms with Gasteiger partial charge in [-0.1, -0.05) is 22.4 Å². The Morgan fingerprint density at radius 1 is 1.37 bits per heavy atom. The van der Waals surface area contributed by atoms with Crippen LogP contribution < -0.4 is 5.32 Å². The van der Waals surface area contributed by atoms with Crippen molar-refractivity contribution in [3.63, 3.8) is 0 Å². The maximum Gasteiger partial charge on any atom is 0.252 e. The first-order valence-corrected chi connectivity index (χ1v) is 8.06. The molecule has 1 aromatic rings. The number of benzene rings is 1. The van der Waals surface area contributed by atoms with Crippen LogP contribution in [0.5, 0.6) is 0 Å². The lowest BCUT2D eigenvalue weighted by Gasteiger charge is -2.25. The van der Waals surface area contributed by atoms with E-state index in [1.807, 2.05) is 12.1 Å². The highest BCUT2D eigenvalue weighted by Crippen LogP contribution is 2.24. The van der Waals surface area contributed by atoms with Gasteiger partial charge in [-0.25, -0.2) is 0 Å². The van der Waals surface area contributed by atoms with Crippen LogP contribution in [0.3, 0.4) is 0 Å². The van der Waals surface area contributed by atoms with Crippen LogP contribution in [0.15, 0.2) is 27.1 Å². The van der Waals surface area contributed by atoms with E-state index in [9.17, 15) is 9.90 Å². The molecule has 104 valence electrons. The predicted molar refractivity (Wildman–Crippen MR) is 82.1 cm³/mol. The van der Waals surface area contributed by atoms with Crippen LogP contribution in [0.1, 0.15) is 36.0 Å². The fourth-order valence-corrected chi connectivity index (χ4v) is 3.24. The zero-order valence-corrected chi connectivity index (χ0v) is 13.7. The number of aliphatic hydroxyl groups is 1. The Morgan fingerprint density at radius 2 is 2.16 bits per heavy atom. The summed E-state index contributed by atoms with van der Waals surface area (Å²) in [6, 6.07) is 5.54. The Bertz CT molecular complexity index is 465. The molecule has 0 spiro atoms. The molecule has 0 bridgehead atoms. The van der Waals surface area contributed by atoms with Gasteiger partial charge in [-0.2, -0.15) is 0 Å². The van der Waals surface area contributed by atoms with Gasteiger partial charge >= 0.3 is 0 Å². The first kappa shape index (κ1) is 15.0. The van der Waals surface area contributed by atoms with E-state index in [-0.39, 0.29) is 12.0 Å². The van der Waals surface area contributed by atoms with Gasteiger partial charge in [0.2, 0.25) is 0 Å². The van der Waals surface area contributed by atoms with Crippen molar-refractivity contribution in [2.45, 2.75) is 31.8 Å². The summed E-state index contributed by atoms with van der Waals surface area (Å²) in [4.78, 5) is 12.1. The van der Waals surface area contributed by atoms with Gasteiger partial charge in [0.1, 0.15) is 0 Å². The van der Waals surface area contributed by atoms with Gasteiger partial charge in [-0.3, -0.25) is 4.79 Å². The molecule has 0 heterocycles. The second kappa shape index (κ2) is 6.86. The number of rotatable bonds is 3. The van der Waals surface area contributed by atoms with Gasteiger partial charge in [-0.15, -0.1) is 0 Å². The standard InChI is InChI=1S/C14H17Br2NO2/c15-10-4-5-13(16)12(7-10)14(19)17-8-9-2-1-3-11(18)6-9/h4-5,7,9,11,18H,1-3,6,8H2,(H,17,19). The van der Waals surface area contributed by atoms with Crippen molar-refractivity contribution in [2.75, 3.05) is 6.54 Å². The van der Waals surface area contributed by atoms with E-state index in [0.717, 1.165) is 34.6 Å². The number of carbonyl (C=O) groups excluding carboxylic acids is 1. The SMILES string of the molecule is O=C(NCC1CCCC(O)C1)c1cc(Br)ccc1Br. The Labute approximate surface area is 130 Å². The Kier molecular flexibility index (Phi) is 5.42. The minimum Gasteiger partial charge on any atom is -0.393 e. The van der Waals surface area contributed by atoms with Gasteiger partial charge < -0.3 is 10.4 Å². The Balaban J connectivity index is 1.92. The molecule has 1 amide bonds. The Morgan fingerprint density at radius 3 is 2.89 bits per heavy atom. The minimum absolute atomic E-state index is 0.0757. The molecule has 3 nitrogen and oxygen atoms in total. The first-order chi connectivity index (χ1) is 9.06. The van der Waals surface area contributed by atoms with E-state index in [1.54, 1.807) is 6.07 Å². The third kappa shape index (κ3) is 4.29. The summed E-state index contributed by atoms with van der Waals surface area (Å²) in [6.07, 6.45) is 3.61. The number of amides is 1. The zero-order chi connectivity index (χ0) is 13.8. The highest BCUT2D eigenvalue weighted by molar-refractivity contribution is 9.11. The molecule has 5 heteroatoms. The van der Waals surface area contributed by atoms with Crippen molar-refractivity contribution in [2.24, 2.45) is 5.92 Å². The molecular weight excluding hydrogens is 374 g/mol. The van der Waals surface area contributed by atoms with E-state index in [0.29, 0.717) is 18.0 Å². The number of hydrogen-bond acceptors (Lipinski definition) is 2. The number of carbonyl (C=O) groups is 1. The maximum atomic E-state index is 12.1. The molecule has 19 heavy (non-hydrogen) atoms. The van der Waals surface area contributed by atoms with Crippen molar-refractivity contribution < 1.29 is 9.90 Å². The maximum absolute atomic E-state index is 12.1. The number of aliphatic hydroxyl groups excluding tert-OH is 1. The summed E-state index contributed by atoms with van der Waals surface area (Å²) >= 11 is 6.75. The number of halogens is 2. The Hall–Kier alpha value is -0.390. The van der Waals surface area contributed by atoms with E-state index in [4.69, 9.17) is 0 Å². The molecule has 1 saturated carbocycles. The summed E-state index contributed by atoms with van der Waals surface area (Å²) in [6.45, 7) is 0.634. The minimum atomic E-state index is -0.201. The second-order valence-corrected chi connectivity index (χ2v) is 6.79. The van der Waals surface area contributed by atoms with E-state index < -0.39 is 0 Å². The van der Waals surface area contributed by atoms with Crippen molar-refractivity contribution >= 4 is 37.8 Å². The quantitative estimate of drug-likeness (QED) is 0.829. The van der Waals surface area contributed by atoms with Gasteiger partial charge in [0.15, 0.2) is 0 Å². The lowest BCUT2D eigenvalue weighted by molar-refractivity contribution is 0.0873. The van der Waals surface area contributed by atoms with Gasteiger partial charge in [0.05, 0.1) is 11.7 Å². The lowest BCUT2D eigenvalue weighted by Crippen LogP contribution is -2.33. The lowest BCUT2D eigenvalue weighted by atomic mass is 9.87. The summed E-state index contributed by atoms with van der Waals surface area (Å²) in [5.41, 5.74) is 0.630. The van der Waals surface area contributed by atoms with Crippen LogP contribution in [-0.4, -0.2) is 23.7 Å². The second-order valence-electron chi connectivity index (χ2n) is 5.02. The van der Waals surface area contributed by atoms with Crippen LogP contribution in [0, 0.1) is 5.92 Å². The molecule has 0 saturated heterocycles. The molecular formula is C14H17Br2NO2. The smallest absolute Gasteiger partial charge is 0.252 e. The normalized spacial score (nSPS) is 23.1. The largest absolute Gasteiger partial charge is 0.393 e. The highest BCUT2D eigenvalue weighted by Gasteiger charge is 2.21. The molecule has 1 aromatic carbocycles. The molecule has 1 aliphatic rings. The fraction of sp³-hybridized carbons (Fsp3) is 0.500. The number of nitrogens with one attached hydrogen (secondary N) is 1. The van der Waals surface area contributed by atoms with Gasteiger partial charge in [0, 0.05) is 15.5 Å². The molecule has 0 aromatic heterocycles. The third-order valence-electron chi connectivity index (χ3n) is 3.48. The molecule has 2 rings (SSSR count). The summed E-state index contributed by atoms with van der Waals surface area (Å²) in [7, 11) is 0. The molecule has 2 N–H and O–H groups in total.